The number of hydrogen-bond donors (Lipinski definition) is 0. The fourth-order valence-corrected chi connectivity index (χ4v) is 2.54. The maximum absolute atomic E-state index is 5.12. The van der Waals surface area contributed by atoms with Gasteiger partial charge < -0.3 is 9.64 Å². The summed E-state index contributed by atoms with van der Waals surface area (Å²) in [6.07, 6.45) is 2.35. The highest BCUT2D eigenvalue weighted by Crippen LogP contribution is 2.37. The molecular weight excluding hydrogens is 198 g/mol. The van der Waals surface area contributed by atoms with Crippen LogP contribution in [0.1, 0.15) is 31.2 Å². The van der Waals surface area contributed by atoms with Gasteiger partial charge in [0.25, 0.3) is 0 Å². The Morgan fingerprint density at radius 3 is 2.94 bits per heavy atom. The molecule has 16 heavy (non-hydrogen) atoms. The largest absolute Gasteiger partial charge is 0.385 e. The van der Waals surface area contributed by atoms with E-state index >= 15 is 0 Å². The summed E-state index contributed by atoms with van der Waals surface area (Å²) in [4.78, 5) is 2.50. The van der Waals surface area contributed by atoms with Gasteiger partial charge >= 0.3 is 0 Å². The fraction of sp³-hybridized carbons (Fsp3) is 0.571. The summed E-state index contributed by atoms with van der Waals surface area (Å²) < 4.78 is 5.12. The predicted molar refractivity (Wildman–Crippen MR) is 68.2 cm³/mol. The van der Waals surface area contributed by atoms with Crippen molar-refractivity contribution >= 4 is 5.69 Å². The van der Waals surface area contributed by atoms with Gasteiger partial charge in [0.15, 0.2) is 0 Å². The van der Waals surface area contributed by atoms with E-state index in [1.807, 2.05) is 0 Å². The molecule has 1 aromatic rings. The van der Waals surface area contributed by atoms with Gasteiger partial charge in [0.1, 0.15) is 0 Å². The van der Waals surface area contributed by atoms with Crippen LogP contribution >= 0.6 is 0 Å². The number of fused-ring (bicyclic) bond motifs is 1. The molecule has 1 unspecified atom stereocenters. The van der Waals surface area contributed by atoms with Crippen molar-refractivity contribution in [1.82, 2.24) is 0 Å². The maximum Gasteiger partial charge on any atom is 0.0479 e. The average Bonchev–Trinajstić information content (AvgIpc) is 2.68. The van der Waals surface area contributed by atoms with E-state index in [2.05, 4.69) is 36.1 Å². The molecule has 2 rings (SSSR count). The lowest BCUT2D eigenvalue weighted by molar-refractivity contribution is 0.196. The number of ether oxygens (including phenoxy) is 1. The molecule has 0 saturated heterocycles. The number of nitrogens with zero attached hydrogens (tertiary/aromatic N) is 1. The highest BCUT2D eigenvalue weighted by atomic mass is 16.5. The van der Waals surface area contributed by atoms with Crippen molar-refractivity contribution < 1.29 is 4.74 Å². The SMILES string of the molecule is CCC1CN(CCCOC)c2ccccc21. The molecule has 0 amide bonds. The van der Waals surface area contributed by atoms with Gasteiger partial charge in [0, 0.05) is 38.4 Å². The standard InChI is InChI=1S/C14H21NO/c1-3-12-11-15(9-6-10-16-2)14-8-5-4-7-13(12)14/h4-5,7-8,12H,3,6,9-11H2,1-2H3. The van der Waals surface area contributed by atoms with Gasteiger partial charge in [0.2, 0.25) is 0 Å². The van der Waals surface area contributed by atoms with Crippen molar-refractivity contribution in [3.63, 3.8) is 0 Å². The molecule has 0 saturated carbocycles. The summed E-state index contributed by atoms with van der Waals surface area (Å²) in [5.74, 6) is 0.721. The molecule has 0 spiro atoms. The monoisotopic (exact) mass is 219 g/mol. The number of hydrogen-bond acceptors (Lipinski definition) is 2. The van der Waals surface area contributed by atoms with Gasteiger partial charge in [-0.3, -0.25) is 0 Å². The minimum absolute atomic E-state index is 0.721. The van der Waals surface area contributed by atoms with Gasteiger partial charge in [-0.1, -0.05) is 25.1 Å². The first-order valence-electron chi connectivity index (χ1n) is 6.19. The Morgan fingerprint density at radius 1 is 1.38 bits per heavy atom. The number of rotatable bonds is 5. The summed E-state index contributed by atoms with van der Waals surface area (Å²) >= 11 is 0. The van der Waals surface area contributed by atoms with Crippen molar-refractivity contribution in [3.8, 4) is 0 Å². The van der Waals surface area contributed by atoms with Gasteiger partial charge in [-0.25, -0.2) is 0 Å². The zero-order valence-corrected chi connectivity index (χ0v) is 10.3. The Hall–Kier alpha value is -1.02. The van der Waals surface area contributed by atoms with E-state index in [4.69, 9.17) is 4.74 Å². The number of methoxy groups -OCH3 is 1. The normalized spacial score (nSPS) is 18.9. The Bertz CT molecular complexity index is 337. The Balaban J connectivity index is 2.07. The van der Waals surface area contributed by atoms with Crippen LogP contribution < -0.4 is 4.90 Å². The van der Waals surface area contributed by atoms with Crippen molar-refractivity contribution in [2.45, 2.75) is 25.7 Å². The summed E-state index contributed by atoms with van der Waals surface area (Å²) in [5.41, 5.74) is 2.97. The highest BCUT2D eigenvalue weighted by molar-refractivity contribution is 5.60. The van der Waals surface area contributed by atoms with Crippen LogP contribution in [0.25, 0.3) is 0 Å². The van der Waals surface area contributed by atoms with Gasteiger partial charge in [0.05, 0.1) is 0 Å². The lowest BCUT2D eigenvalue weighted by atomic mass is 9.99. The minimum Gasteiger partial charge on any atom is -0.385 e. The molecule has 0 N–H and O–H groups in total. The first kappa shape index (κ1) is 11.5. The molecule has 0 bridgehead atoms. The van der Waals surface area contributed by atoms with Gasteiger partial charge in [-0.05, 0) is 24.5 Å². The molecule has 1 heterocycles. The van der Waals surface area contributed by atoms with E-state index in [1.54, 1.807) is 7.11 Å². The second-order valence-electron chi connectivity index (χ2n) is 4.46. The third kappa shape index (κ3) is 2.22. The van der Waals surface area contributed by atoms with Gasteiger partial charge in [-0.2, -0.15) is 0 Å². The molecule has 88 valence electrons. The zero-order chi connectivity index (χ0) is 11.4. The van der Waals surface area contributed by atoms with E-state index in [0.29, 0.717) is 0 Å². The minimum atomic E-state index is 0.721. The lowest BCUT2D eigenvalue weighted by Gasteiger charge is -2.19. The van der Waals surface area contributed by atoms with Crippen LogP contribution in [0.2, 0.25) is 0 Å². The van der Waals surface area contributed by atoms with Crippen LogP contribution in [0.5, 0.6) is 0 Å². The Morgan fingerprint density at radius 2 is 2.19 bits per heavy atom. The van der Waals surface area contributed by atoms with Crippen LogP contribution in [0.4, 0.5) is 5.69 Å². The molecule has 2 heteroatoms. The second-order valence-corrected chi connectivity index (χ2v) is 4.46. The van der Waals surface area contributed by atoms with E-state index in [-0.39, 0.29) is 0 Å². The number of benzene rings is 1. The number of para-hydroxylation sites is 1. The third-order valence-electron chi connectivity index (χ3n) is 3.43. The van der Waals surface area contributed by atoms with E-state index in [1.165, 1.54) is 24.2 Å². The van der Waals surface area contributed by atoms with E-state index < -0.39 is 0 Å². The number of anilines is 1. The molecule has 1 aromatic carbocycles. The quantitative estimate of drug-likeness (QED) is 0.706. The van der Waals surface area contributed by atoms with E-state index in [9.17, 15) is 0 Å². The van der Waals surface area contributed by atoms with Crippen LogP contribution in [0.15, 0.2) is 24.3 Å². The predicted octanol–water partition coefficient (Wildman–Crippen LogP) is 3.04. The van der Waals surface area contributed by atoms with E-state index in [0.717, 1.165) is 25.5 Å². The third-order valence-corrected chi connectivity index (χ3v) is 3.43. The van der Waals surface area contributed by atoms with Crippen molar-refractivity contribution in [1.29, 1.82) is 0 Å². The summed E-state index contributed by atoms with van der Waals surface area (Å²) in [6, 6.07) is 8.82. The summed E-state index contributed by atoms with van der Waals surface area (Å²) in [7, 11) is 1.77. The van der Waals surface area contributed by atoms with Crippen LogP contribution in [-0.4, -0.2) is 26.8 Å². The highest BCUT2D eigenvalue weighted by Gasteiger charge is 2.26. The van der Waals surface area contributed by atoms with Crippen molar-refractivity contribution in [2.24, 2.45) is 0 Å². The van der Waals surface area contributed by atoms with Gasteiger partial charge in [-0.15, -0.1) is 0 Å². The fourth-order valence-electron chi connectivity index (χ4n) is 2.54. The first-order chi connectivity index (χ1) is 7.86. The molecular formula is C14H21NO. The molecule has 1 aliphatic rings. The van der Waals surface area contributed by atoms with Crippen LogP contribution in [-0.2, 0) is 4.74 Å². The first-order valence-corrected chi connectivity index (χ1v) is 6.19. The molecule has 0 aliphatic carbocycles. The van der Waals surface area contributed by atoms with Crippen molar-refractivity contribution in [3.05, 3.63) is 29.8 Å². The molecule has 0 radical (unpaired) electrons. The topological polar surface area (TPSA) is 12.5 Å². The van der Waals surface area contributed by atoms with Crippen LogP contribution in [0, 0.1) is 0 Å². The molecule has 0 fully saturated rings. The average molecular weight is 219 g/mol. The summed E-state index contributed by atoms with van der Waals surface area (Å²) in [5, 5.41) is 0. The Labute approximate surface area is 98.2 Å². The van der Waals surface area contributed by atoms with Crippen molar-refractivity contribution in [2.75, 3.05) is 31.7 Å². The van der Waals surface area contributed by atoms with Crippen LogP contribution in [0.3, 0.4) is 0 Å². The smallest absolute Gasteiger partial charge is 0.0479 e. The lowest BCUT2D eigenvalue weighted by Crippen LogP contribution is -2.23. The zero-order valence-electron chi connectivity index (χ0n) is 10.3. The molecule has 1 aliphatic heterocycles. The molecule has 0 aromatic heterocycles. The maximum atomic E-state index is 5.12. The molecule has 1 atom stereocenters. The second kappa shape index (κ2) is 5.35. The Kier molecular flexibility index (Phi) is 3.83. The summed E-state index contributed by atoms with van der Waals surface area (Å²) in [6.45, 7) is 5.43. The molecule has 2 nitrogen and oxygen atoms in total.